The summed E-state index contributed by atoms with van der Waals surface area (Å²) >= 11 is 0. The molecule has 15 heavy (non-hydrogen) atoms. The van der Waals surface area contributed by atoms with Crippen molar-refractivity contribution < 1.29 is 0 Å². The summed E-state index contributed by atoms with van der Waals surface area (Å²) in [6, 6.07) is 0. The lowest BCUT2D eigenvalue weighted by Crippen LogP contribution is -2.13. The maximum Gasteiger partial charge on any atom is 0.135 e. The molecule has 1 heterocycles. The van der Waals surface area contributed by atoms with Crippen molar-refractivity contribution in [2.24, 2.45) is 5.73 Å². The molecule has 2 N–H and O–H groups in total. The Bertz CT molecular complexity index is 289. The summed E-state index contributed by atoms with van der Waals surface area (Å²) in [5.41, 5.74) is 5.52. The van der Waals surface area contributed by atoms with Crippen molar-refractivity contribution in [3.05, 3.63) is 12.2 Å². The van der Waals surface area contributed by atoms with E-state index in [9.17, 15) is 0 Å². The zero-order valence-electron chi connectivity index (χ0n) is 9.23. The third-order valence-electron chi connectivity index (χ3n) is 3.22. The summed E-state index contributed by atoms with van der Waals surface area (Å²) in [4.78, 5) is 0. The Kier molecular flexibility index (Phi) is 3.72. The maximum atomic E-state index is 5.52. The van der Waals surface area contributed by atoms with Crippen molar-refractivity contribution in [1.29, 1.82) is 0 Å². The average Bonchev–Trinajstić information content (AvgIpc) is 2.75. The molecule has 4 heteroatoms. The molecule has 0 radical (unpaired) electrons. The van der Waals surface area contributed by atoms with Crippen LogP contribution < -0.4 is 5.73 Å². The van der Waals surface area contributed by atoms with E-state index < -0.39 is 0 Å². The highest BCUT2D eigenvalue weighted by molar-refractivity contribution is 4.97. The molecule has 0 saturated heterocycles. The molecule has 0 bridgehead atoms. The molecule has 1 aromatic heterocycles. The van der Waals surface area contributed by atoms with Gasteiger partial charge in [0.1, 0.15) is 12.2 Å². The molecule has 1 aliphatic carbocycles. The Balaban J connectivity index is 2.02. The number of nitrogens with zero attached hydrogens (tertiary/aromatic N) is 3. The van der Waals surface area contributed by atoms with Gasteiger partial charge in [-0.05, 0) is 25.8 Å². The van der Waals surface area contributed by atoms with Gasteiger partial charge in [-0.25, -0.2) is 0 Å². The van der Waals surface area contributed by atoms with Crippen LogP contribution in [0.1, 0.15) is 50.3 Å². The van der Waals surface area contributed by atoms with Gasteiger partial charge in [0.05, 0.1) is 0 Å². The zero-order chi connectivity index (χ0) is 10.5. The Hall–Kier alpha value is -0.900. The van der Waals surface area contributed by atoms with Crippen LogP contribution in [0.15, 0.2) is 6.33 Å². The van der Waals surface area contributed by atoms with Crippen molar-refractivity contribution in [2.75, 3.05) is 6.54 Å². The van der Waals surface area contributed by atoms with E-state index in [0.29, 0.717) is 5.92 Å². The Labute approximate surface area is 90.9 Å². The number of aromatic nitrogens is 3. The smallest absolute Gasteiger partial charge is 0.135 e. The van der Waals surface area contributed by atoms with Gasteiger partial charge in [0.2, 0.25) is 0 Å². The van der Waals surface area contributed by atoms with Crippen LogP contribution in [0.25, 0.3) is 0 Å². The van der Waals surface area contributed by atoms with Gasteiger partial charge in [-0.1, -0.05) is 19.3 Å². The monoisotopic (exact) mass is 208 g/mol. The Morgan fingerprint density at radius 1 is 1.33 bits per heavy atom. The highest BCUT2D eigenvalue weighted by atomic mass is 15.3. The summed E-state index contributed by atoms with van der Waals surface area (Å²) in [6.45, 7) is 1.71. The molecule has 1 aromatic rings. The average molecular weight is 208 g/mol. The minimum atomic E-state index is 0.638. The second kappa shape index (κ2) is 5.26. The molecular weight excluding hydrogens is 188 g/mol. The van der Waals surface area contributed by atoms with E-state index in [1.54, 1.807) is 0 Å². The van der Waals surface area contributed by atoms with Gasteiger partial charge in [0, 0.05) is 12.5 Å². The minimum Gasteiger partial charge on any atom is -0.330 e. The first-order valence-electron chi connectivity index (χ1n) is 5.99. The summed E-state index contributed by atoms with van der Waals surface area (Å²) < 4.78 is 2.18. The summed E-state index contributed by atoms with van der Waals surface area (Å²) in [5.74, 6) is 1.82. The lowest BCUT2D eigenvalue weighted by atomic mass is 9.88. The predicted molar refractivity (Wildman–Crippen MR) is 59.5 cm³/mol. The van der Waals surface area contributed by atoms with Crippen LogP contribution in [0.4, 0.5) is 0 Å². The van der Waals surface area contributed by atoms with Crippen molar-refractivity contribution in [2.45, 2.75) is 51.0 Å². The van der Waals surface area contributed by atoms with Gasteiger partial charge in [-0.2, -0.15) is 0 Å². The molecule has 0 spiro atoms. The largest absolute Gasteiger partial charge is 0.330 e. The van der Waals surface area contributed by atoms with Crippen molar-refractivity contribution >= 4 is 0 Å². The quantitative estimate of drug-likeness (QED) is 0.819. The van der Waals surface area contributed by atoms with Crippen LogP contribution in [0.3, 0.4) is 0 Å². The fourth-order valence-electron chi connectivity index (χ4n) is 2.37. The number of nitrogens with two attached hydrogens (primary N) is 1. The van der Waals surface area contributed by atoms with Gasteiger partial charge in [-0.3, -0.25) is 0 Å². The van der Waals surface area contributed by atoms with E-state index in [1.807, 2.05) is 6.33 Å². The van der Waals surface area contributed by atoms with E-state index in [0.717, 1.165) is 19.5 Å². The molecule has 1 fully saturated rings. The van der Waals surface area contributed by atoms with Crippen LogP contribution in [0.5, 0.6) is 0 Å². The molecule has 1 aliphatic rings. The molecular formula is C11H20N4. The molecule has 0 aliphatic heterocycles. The van der Waals surface area contributed by atoms with E-state index >= 15 is 0 Å². The van der Waals surface area contributed by atoms with Crippen LogP contribution in [-0.4, -0.2) is 21.3 Å². The first-order valence-corrected chi connectivity index (χ1v) is 5.99. The summed E-state index contributed by atoms with van der Waals surface area (Å²) in [5, 5.41) is 8.29. The van der Waals surface area contributed by atoms with Crippen LogP contribution in [-0.2, 0) is 6.54 Å². The normalized spacial score (nSPS) is 18.2. The molecule has 84 valence electrons. The minimum absolute atomic E-state index is 0.638. The molecule has 0 atom stereocenters. The first kappa shape index (κ1) is 10.6. The number of aryl methyl sites for hydroxylation is 1. The SMILES string of the molecule is NCCCn1cnnc1C1CCCCC1. The zero-order valence-corrected chi connectivity index (χ0v) is 9.23. The third-order valence-corrected chi connectivity index (χ3v) is 3.22. The summed E-state index contributed by atoms with van der Waals surface area (Å²) in [7, 11) is 0. The standard InChI is InChI=1S/C11H20N4/c12-7-4-8-15-9-13-14-11(15)10-5-2-1-3-6-10/h9-10H,1-8,12H2. The third kappa shape index (κ3) is 2.56. The lowest BCUT2D eigenvalue weighted by molar-refractivity contribution is 0.413. The summed E-state index contributed by atoms with van der Waals surface area (Å²) in [6.07, 6.45) is 9.48. The lowest BCUT2D eigenvalue weighted by Gasteiger charge is -2.21. The van der Waals surface area contributed by atoms with Crippen LogP contribution in [0, 0.1) is 0 Å². The Morgan fingerprint density at radius 3 is 2.87 bits per heavy atom. The number of rotatable bonds is 4. The number of hydrogen-bond acceptors (Lipinski definition) is 3. The van der Waals surface area contributed by atoms with Crippen molar-refractivity contribution in [3.63, 3.8) is 0 Å². The van der Waals surface area contributed by atoms with Crippen LogP contribution in [0.2, 0.25) is 0 Å². The fraction of sp³-hybridized carbons (Fsp3) is 0.818. The van der Waals surface area contributed by atoms with E-state index in [1.165, 1.54) is 37.9 Å². The van der Waals surface area contributed by atoms with Crippen LogP contribution >= 0.6 is 0 Å². The van der Waals surface area contributed by atoms with Gasteiger partial charge in [0.15, 0.2) is 0 Å². The second-order valence-corrected chi connectivity index (χ2v) is 4.36. The molecule has 0 amide bonds. The topological polar surface area (TPSA) is 56.7 Å². The molecule has 0 unspecified atom stereocenters. The van der Waals surface area contributed by atoms with Gasteiger partial charge in [-0.15, -0.1) is 10.2 Å². The van der Waals surface area contributed by atoms with E-state index in [-0.39, 0.29) is 0 Å². The molecule has 1 saturated carbocycles. The Morgan fingerprint density at radius 2 is 2.13 bits per heavy atom. The van der Waals surface area contributed by atoms with E-state index in [4.69, 9.17) is 5.73 Å². The first-order chi connectivity index (χ1) is 7.42. The highest BCUT2D eigenvalue weighted by Crippen LogP contribution is 2.31. The van der Waals surface area contributed by atoms with Gasteiger partial charge in [0.25, 0.3) is 0 Å². The van der Waals surface area contributed by atoms with Crippen molar-refractivity contribution in [3.8, 4) is 0 Å². The molecule has 0 aromatic carbocycles. The maximum absolute atomic E-state index is 5.52. The van der Waals surface area contributed by atoms with Gasteiger partial charge >= 0.3 is 0 Å². The molecule has 2 rings (SSSR count). The highest BCUT2D eigenvalue weighted by Gasteiger charge is 2.20. The molecule has 4 nitrogen and oxygen atoms in total. The number of hydrogen-bond donors (Lipinski definition) is 1. The fourth-order valence-corrected chi connectivity index (χ4v) is 2.37. The predicted octanol–water partition coefficient (Wildman–Crippen LogP) is 1.67. The van der Waals surface area contributed by atoms with E-state index in [2.05, 4.69) is 14.8 Å². The second-order valence-electron chi connectivity index (χ2n) is 4.36. The van der Waals surface area contributed by atoms with Crippen molar-refractivity contribution in [1.82, 2.24) is 14.8 Å². The van der Waals surface area contributed by atoms with Gasteiger partial charge < -0.3 is 10.3 Å².